The van der Waals surface area contributed by atoms with Crippen LogP contribution >= 0.6 is 0 Å². The number of amides is 1. The molecule has 0 radical (unpaired) electrons. The summed E-state index contributed by atoms with van der Waals surface area (Å²) in [5.74, 6) is 0.711. The third-order valence-corrected chi connectivity index (χ3v) is 5.22. The molecule has 1 aromatic heterocycles. The van der Waals surface area contributed by atoms with Gasteiger partial charge in [0.05, 0.1) is 6.10 Å². The molecule has 1 aromatic carbocycles. The van der Waals surface area contributed by atoms with Gasteiger partial charge in [-0.3, -0.25) is 14.6 Å². The zero-order valence-corrected chi connectivity index (χ0v) is 16.1. The first-order valence-corrected chi connectivity index (χ1v) is 9.70. The fourth-order valence-electron chi connectivity index (χ4n) is 3.47. The smallest absolute Gasteiger partial charge is 0.260 e. The number of hydrogen-bond donors (Lipinski definition) is 1. The third-order valence-electron chi connectivity index (χ3n) is 5.22. The second-order valence-corrected chi connectivity index (χ2v) is 7.04. The van der Waals surface area contributed by atoms with Gasteiger partial charge in [-0.1, -0.05) is 13.0 Å². The minimum absolute atomic E-state index is 0.0309. The molecule has 2 heterocycles. The number of nitrogens with zero attached hydrogens (tertiary/aromatic N) is 2. The Bertz CT molecular complexity index is 784. The van der Waals surface area contributed by atoms with Gasteiger partial charge in [-0.25, -0.2) is 0 Å². The third kappa shape index (κ3) is 4.95. The molecule has 1 atom stereocenters. The number of aromatic nitrogens is 1. The minimum atomic E-state index is -0.549. The number of hydrogen-bond acceptors (Lipinski definition) is 5. The van der Waals surface area contributed by atoms with Gasteiger partial charge >= 0.3 is 0 Å². The van der Waals surface area contributed by atoms with Crippen LogP contribution in [0.5, 0.6) is 5.75 Å². The lowest BCUT2D eigenvalue weighted by molar-refractivity contribution is -0.135. The highest BCUT2D eigenvalue weighted by Gasteiger charge is 2.28. The first kappa shape index (κ1) is 20.0. The van der Waals surface area contributed by atoms with Gasteiger partial charge in [0.15, 0.2) is 12.4 Å². The summed E-state index contributed by atoms with van der Waals surface area (Å²) in [5, 5.41) is 10.5. The Morgan fingerprint density at radius 3 is 2.54 bits per heavy atom. The van der Waals surface area contributed by atoms with Crippen molar-refractivity contribution in [2.75, 3.05) is 19.7 Å². The highest BCUT2D eigenvalue weighted by atomic mass is 16.5. The molecule has 0 spiro atoms. The van der Waals surface area contributed by atoms with Crippen LogP contribution in [0, 0.1) is 5.92 Å². The number of aliphatic hydroxyl groups excluding tert-OH is 1. The average molecular weight is 382 g/mol. The summed E-state index contributed by atoms with van der Waals surface area (Å²) in [6.45, 7) is 3.00. The molecular formula is C22H26N2O4. The second-order valence-electron chi connectivity index (χ2n) is 7.04. The Balaban J connectivity index is 1.45. The van der Waals surface area contributed by atoms with Crippen molar-refractivity contribution < 1.29 is 19.4 Å². The van der Waals surface area contributed by atoms with E-state index in [9.17, 15) is 14.7 Å². The topological polar surface area (TPSA) is 79.7 Å². The van der Waals surface area contributed by atoms with E-state index in [4.69, 9.17) is 4.74 Å². The average Bonchev–Trinajstić information content (AvgIpc) is 2.77. The number of aliphatic hydroxyl groups is 1. The van der Waals surface area contributed by atoms with Crippen molar-refractivity contribution in [1.29, 1.82) is 0 Å². The van der Waals surface area contributed by atoms with Crippen LogP contribution in [-0.4, -0.2) is 46.4 Å². The summed E-state index contributed by atoms with van der Waals surface area (Å²) in [7, 11) is 0. The van der Waals surface area contributed by atoms with Gasteiger partial charge in [0.2, 0.25) is 0 Å². The molecule has 148 valence electrons. The number of piperidine rings is 1. The Hall–Kier alpha value is -2.73. The predicted molar refractivity (Wildman–Crippen MR) is 105 cm³/mol. The zero-order chi connectivity index (χ0) is 19.9. The maximum atomic E-state index is 12.4. The summed E-state index contributed by atoms with van der Waals surface area (Å²) in [6.07, 6.45) is 4.78. The number of pyridine rings is 1. The molecule has 0 bridgehead atoms. The van der Waals surface area contributed by atoms with Gasteiger partial charge in [-0.2, -0.15) is 0 Å². The number of benzene rings is 1. The van der Waals surface area contributed by atoms with E-state index in [-0.39, 0.29) is 24.2 Å². The molecule has 6 heteroatoms. The predicted octanol–water partition coefficient (Wildman–Crippen LogP) is 3.03. The van der Waals surface area contributed by atoms with Crippen molar-refractivity contribution >= 4 is 11.7 Å². The van der Waals surface area contributed by atoms with E-state index in [2.05, 4.69) is 4.98 Å². The van der Waals surface area contributed by atoms with Crippen LogP contribution < -0.4 is 4.74 Å². The molecule has 1 fully saturated rings. The molecule has 1 aliphatic rings. The lowest BCUT2D eigenvalue weighted by Crippen LogP contribution is -2.42. The molecule has 1 aliphatic heterocycles. The SMILES string of the molecule is CCC(=O)c1ccc(OCC(=O)N2CCC(C(O)c3cccnc3)CC2)cc1. The number of ether oxygens (including phenoxy) is 1. The van der Waals surface area contributed by atoms with Crippen LogP contribution in [0.4, 0.5) is 0 Å². The maximum absolute atomic E-state index is 12.4. The Morgan fingerprint density at radius 2 is 1.93 bits per heavy atom. The normalized spacial score (nSPS) is 15.9. The first-order valence-electron chi connectivity index (χ1n) is 9.70. The number of ketones is 1. The van der Waals surface area contributed by atoms with Crippen LogP contribution in [-0.2, 0) is 4.79 Å². The van der Waals surface area contributed by atoms with Crippen LogP contribution in [0.3, 0.4) is 0 Å². The molecular weight excluding hydrogens is 356 g/mol. The number of likely N-dealkylation sites (tertiary alicyclic amines) is 1. The van der Waals surface area contributed by atoms with Crippen molar-refractivity contribution in [2.45, 2.75) is 32.3 Å². The summed E-state index contributed by atoms with van der Waals surface area (Å²) >= 11 is 0. The molecule has 3 rings (SSSR count). The molecule has 1 saturated heterocycles. The van der Waals surface area contributed by atoms with Crippen LogP contribution in [0.25, 0.3) is 0 Å². The molecule has 0 aliphatic carbocycles. The van der Waals surface area contributed by atoms with Crippen molar-refractivity contribution in [2.24, 2.45) is 5.92 Å². The van der Waals surface area contributed by atoms with E-state index >= 15 is 0 Å². The van der Waals surface area contributed by atoms with Gasteiger partial charge in [0.25, 0.3) is 5.91 Å². The van der Waals surface area contributed by atoms with E-state index in [0.29, 0.717) is 30.8 Å². The monoisotopic (exact) mass is 382 g/mol. The molecule has 1 unspecified atom stereocenters. The number of carbonyl (C=O) groups is 2. The highest BCUT2D eigenvalue weighted by molar-refractivity contribution is 5.95. The van der Waals surface area contributed by atoms with Crippen molar-refractivity contribution in [3.63, 3.8) is 0 Å². The Morgan fingerprint density at radius 1 is 1.21 bits per heavy atom. The van der Waals surface area contributed by atoms with Gasteiger partial charge < -0.3 is 14.7 Å². The number of Topliss-reactive ketones (excluding diaryl/α,β-unsaturated/α-hetero) is 1. The largest absolute Gasteiger partial charge is 0.484 e. The standard InChI is InChI=1S/C22H26N2O4/c1-2-20(25)16-5-7-19(8-6-16)28-15-21(26)24-12-9-17(10-13-24)22(27)18-4-3-11-23-14-18/h3-8,11,14,17,22,27H,2,9-10,12-13,15H2,1H3. The molecule has 1 amide bonds. The van der Waals surface area contributed by atoms with Crippen LogP contribution in [0.2, 0.25) is 0 Å². The van der Waals surface area contributed by atoms with Gasteiger partial charge in [-0.15, -0.1) is 0 Å². The van der Waals surface area contributed by atoms with Crippen LogP contribution in [0.1, 0.15) is 48.2 Å². The van der Waals surface area contributed by atoms with E-state index in [1.165, 1.54) is 0 Å². The second kappa shape index (κ2) is 9.46. The molecule has 1 N–H and O–H groups in total. The lowest BCUT2D eigenvalue weighted by Gasteiger charge is -2.34. The summed E-state index contributed by atoms with van der Waals surface area (Å²) in [5.41, 5.74) is 1.47. The first-order chi connectivity index (χ1) is 13.6. The van der Waals surface area contributed by atoms with Gasteiger partial charge in [0.1, 0.15) is 5.75 Å². The van der Waals surface area contributed by atoms with E-state index in [0.717, 1.165) is 18.4 Å². The highest BCUT2D eigenvalue weighted by Crippen LogP contribution is 2.30. The summed E-state index contributed by atoms with van der Waals surface area (Å²) < 4.78 is 5.57. The summed E-state index contributed by atoms with van der Waals surface area (Å²) in [6, 6.07) is 10.6. The van der Waals surface area contributed by atoms with Crippen LogP contribution in [0.15, 0.2) is 48.8 Å². The Kier molecular flexibility index (Phi) is 6.76. The number of carbonyl (C=O) groups excluding carboxylic acids is 2. The lowest BCUT2D eigenvalue weighted by atomic mass is 9.88. The molecule has 2 aromatic rings. The molecule has 28 heavy (non-hydrogen) atoms. The molecule has 6 nitrogen and oxygen atoms in total. The summed E-state index contributed by atoms with van der Waals surface area (Å²) in [4.78, 5) is 29.9. The van der Waals surface area contributed by atoms with E-state index in [1.807, 2.05) is 19.1 Å². The minimum Gasteiger partial charge on any atom is -0.484 e. The fourth-order valence-corrected chi connectivity index (χ4v) is 3.47. The quantitative estimate of drug-likeness (QED) is 0.745. The van der Waals surface area contributed by atoms with Crippen molar-refractivity contribution in [3.05, 3.63) is 59.9 Å². The Labute approximate surface area is 165 Å². The zero-order valence-electron chi connectivity index (χ0n) is 16.1. The van der Waals surface area contributed by atoms with E-state index in [1.54, 1.807) is 41.6 Å². The van der Waals surface area contributed by atoms with E-state index < -0.39 is 6.10 Å². The van der Waals surface area contributed by atoms with Crippen molar-refractivity contribution in [1.82, 2.24) is 9.88 Å². The van der Waals surface area contributed by atoms with Gasteiger partial charge in [0, 0.05) is 37.5 Å². The van der Waals surface area contributed by atoms with Crippen molar-refractivity contribution in [3.8, 4) is 5.75 Å². The fraction of sp³-hybridized carbons (Fsp3) is 0.409. The maximum Gasteiger partial charge on any atom is 0.260 e. The van der Waals surface area contributed by atoms with Gasteiger partial charge in [-0.05, 0) is 54.7 Å². The molecule has 0 saturated carbocycles. The number of rotatable bonds is 7.